The average Bonchev–Trinajstić information content (AvgIpc) is 3.11. The molecule has 0 spiro atoms. The quantitative estimate of drug-likeness (QED) is 0.451. The van der Waals surface area contributed by atoms with Crippen LogP contribution in [0.1, 0.15) is 40.3 Å². The van der Waals surface area contributed by atoms with Crippen LogP contribution in [0.4, 0.5) is 5.69 Å². The van der Waals surface area contributed by atoms with Crippen LogP contribution < -0.4 is 5.32 Å². The topological polar surface area (TPSA) is 73.2 Å². The SMILES string of the molecule is CCOC(=O)c1cnn(-c2ccc(C(=O)Nc3ccc(SCC)cc3)cc2)c1C. The second-order valence-electron chi connectivity index (χ2n) is 6.23. The van der Waals surface area contributed by atoms with Crippen molar-refractivity contribution in [2.24, 2.45) is 0 Å². The lowest BCUT2D eigenvalue weighted by Crippen LogP contribution is -2.12. The highest BCUT2D eigenvalue weighted by molar-refractivity contribution is 7.99. The molecule has 3 aromatic rings. The number of carbonyl (C=O) groups is 2. The van der Waals surface area contributed by atoms with E-state index in [1.807, 2.05) is 24.3 Å². The minimum Gasteiger partial charge on any atom is -0.462 e. The van der Waals surface area contributed by atoms with E-state index in [0.717, 1.165) is 17.1 Å². The largest absolute Gasteiger partial charge is 0.462 e. The van der Waals surface area contributed by atoms with Crippen molar-refractivity contribution >= 4 is 29.3 Å². The van der Waals surface area contributed by atoms with E-state index >= 15 is 0 Å². The number of ether oxygens (including phenoxy) is 1. The van der Waals surface area contributed by atoms with Crippen molar-refractivity contribution < 1.29 is 14.3 Å². The van der Waals surface area contributed by atoms with E-state index in [4.69, 9.17) is 4.74 Å². The van der Waals surface area contributed by atoms with Crippen molar-refractivity contribution in [3.05, 3.63) is 71.5 Å². The third-order valence-electron chi connectivity index (χ3n) is 4.30. The van der Waals surface area contributed by atoms with Crippen LogP contribution >= 0.6 is 11.8 Å². The molecule has 0 unspecified atom stereocenters. The lowest BCUT2D eigenvalue weighted by molar-refractivity contribution is 0.0525. The molecule has 6 nitrogen and oxygen atoms in total. The van der Waals surface area contributed by atoms with Gasteiger partial charge in [-0.25, -0.2) is 9.48 Å². The first-order valence-corrected chi connectivity index (χ1v) is 10.4. The second kappa shape index (κ2) is 9.43. The number of hydrogen-bond acceptors (Lipinski definition) is 5. The lowest BCUT2D eigenvalue weighted by Gasteiger charge is -2.08. The third kappa shape index (κ3) is 4.86. The molecule has 0 aliphatic rings. The Morgan fingerprint density at radius 1 is 1.07 bits per heavy atom. The highest BCUT2D eigenvalue weighted by Gasteiger charge is 2.16. The van der Waals surface area contributed by atoms with Gasteiger partial charge < -0.3 is 10.1 Å². The van der Waals surface area contributed by atoms with Crippen molar-refractivity contribution in [3.63, 3.8) is 0 Å². The number of carbonyl (C=O) groups excluding carboxylic acids is 2. The molecule has 2 aromatic carbocycles. The highest BCUT2D eigenvalue weighted by Crippen LogP contribution is 2.21. The molecular weight excluding hydrogens is 386 g/mol. The Labute approximate surface area is 174 Å². The third-order valence-corrected chi connectivity index (χ3v) is 5.20. The Balaban J connectivity index is 1.71. The fraction of sp³-hybridized carbons (Fsp3) is 0.227. The van der Waals surface area contributed by atoms with Gasteiger partial charge in [-0.1, -0.05) is 6.92 Å². The van der Waals surface area contributed by atoms with E-state index in [2.05, 4.69) is 17.3 Å². The summed E-state index contributed by atoms with van der Waals surface area (Å²) >= 11 is 1.76. The molecular formula is C22H23N3O3S. The summed E-state index contributed by atoms with van der Waals surface area (Å²) in [5.74, 6) is 0.433. The summed E-state index contributed by atoms with van der Waals surface area (Å²) in [6.07, 6.45) is 1.49. The predicted molar refractivity (Wildman–Crippen MR) is 115 cm³/mol. The minimum absolute atomic E-state index is 0.183. The first-order chi connectivity index (χ1) is 14.0. The molecule has 0 atom stereocenters. The number of thioether (sulfide) groups is 1. The van der Waals surface area contributed by atoms with E-state index in [1.54, 1.807) is 54.6 Å². The summed E-state index contributed by atoms with van der Waals surface area (Å²) < 4.78 is 6.69. The van der Waals surface area contributed by atoms with E-state index in [1.165, 1.54) is 11.1 Å². The summed E-state index contributed by atoms with van der Waals surface area (Å²) in [5, 5.41) is 7.17. The standard InChI is InChI=1S/C22H23N3O3S/c1-4-28-22(27)20-14-23-25(15(20)3)18-10-6-16(7-11-18)21(26)24-17-8-12-19(13-9-17)29-5-2/h6-14H,4-5H2,1-3H3,(H,24,26). The molecule has 0 saturated heterocycles. The number of hydrogen-bond donors (Lipinski definition) is 1. The Morgan fingerprint density at radius 2 is 1.76 bits per heavy atom. The number of nitrogens with zero attached hydrogens (tertiary/aromatic N) is 2. The van der Waals surface area contributed by atoms with Gasteiger partial charge in [0.25, 0.3) is 5.91 Å². The Kier molecular flexibility index (Phi) is 6.72. The average molecular weight is 410 g/mol. The molecule has 150 valence electrons. The number of aromatic nitrogens is 2. The van der Waals surface area contributed by atoms with Gasteiger partial charge in [-0.15, -0.1) is 11.8 Å². The van der Waals surface area contributed by atoms with E-state index in [9.17, 15) is 9.59 Å². The maximum Gasteiger partial charge on any atom is 0.341 e. The van der Waals surface area contributed by atoms with Gasteiger partial charge in [0.05, 0.1) is 24.2 Å². The molecule has 0 saturated carbocycles. The zero-order chi connectivity index (χ0) is 20.8. The zero-order valence-electron chi connectivity index (χ0n) is 16.6. The van der Waals surface area contributed by atoms with Crippen molar-refractivity contribution in [1.82, 2.24) is 9.78 Å². The first kappa shape index (κ1) is 20.7. The van der Waals surface area contributed by atoms with Crippen molar-refractivity contribution in [2.75, 3.05) is 17.7 Å². The fourth-order valence-electron chi connectivity index (χ4n) is 2.84. The Morgan fingerprint density at radius 3 is 2.38 bits per heavy atom. The maximum absolute atomic E-state index is 12.5. The lowest BCUT2D eigenvalue weighted by atomic mass is 10.2. The van der Waals surface area contributed by atoms with Gasteiger partial charge in [0, 0.05) is 16.1 Å². The van der Waals surface area contributed by atoms with Crippen LogP contribution in [0.15, 0.2) is 59.6 Å². The fourth-order valence-corrected chi connectivity index (χ4v) is 3.50. The van der Waals surface area contributed by atoms with Crippen molar-refractivity contribution in [2.45, 2.75) is 25.7 Å². The summed E-state index contributed by atoms with van der Waals surface area (Å²) in [5.41, 5.74) is 3.16. The molecule has 1 heterocycles. The minimum atomic E-state index is -0.393. The second-order valence-corrected chi connectivity index (χ2v) is 7.57. The molecule has 0 radical (unpaired) electrons. The summed E-state index contributed by atoms with van der Waals surface area (Å²) in [6, 6.07) is 14.8. The van der Waals surface area contributed by atoms with Crippen molar-refractivity contribution in [1.29, 1.82) is 0 Å². The number of amides is 1. The predicted octanol–water partition coefficient (Wildman–Crippen LogP) is 4.72. The van der Waals surface area contributed by atoms with Crippen LogP contribution in [0.2, 0.25) is 0 Å². The summed E-state index contributed by atoms with van der Waals surface area (Å²) in [4.78, 5) is 25.6. The van der Waals surface area contributed by atoms with Crippen LogP contribution in [0.3, 0.4) is 0 Å². The van der Waals surface area contributed by atoms with Gasteiger partial charge in [0.15, 0.2) is 0 Å². The normalized spacial score (nSPS) is 10.6. The van der Waals surface area contributed by atoms with Crippen LogP contribution in [0, 0.1) is 6.92 Å². The molecule has 1 N–H and O–H groups in total. The van der Waals surface area contributed by atoms with Gasteiger partial charge >= 0.3 is 5.97 Å². The van der Waals surface area contributed by atoms with Crippen LogP contribution in [-0.2, 0) is 4.74 Å². The van der Waals surface area contributed by atoms with Gasteiger partial charge in [0.2, 0.25) is 0 Å². The van der Waals surface area contributed by atoms with E-state index < -0.39 is 5.97 Å². The molecule has 0 aliphatic carbocycles. The number of esters is 1. The molecule has 0 aliphatic heterocycles. The van der Waals surface area contributed by atoms with Gasteiger partial charge in [0.1, 0.15) is 5.56 Å². The van der Waals surface area contributed by atoms with Crippen LogP contribution in [-0.4, -0.2) is 34.0 Å². The number of nitrogens with one attached hydrogen (secondary N) is 1. The first-order valence-electron chi connectivity index (χ1n) is 9.39. The Hall–Kier alpha value is -3.06. The Bertz CT molecular complexity index is 995. The highest BCUT2D eigenvalue weighted by atomic mass is 32.2. The molecule has 0 bridgehead atoms. The zero-order valence-corrected chi connectivity index (χ0v) is 17.5. The van der Waals surface area contributed by atoms with Gasteiger partial charge in [-0.3, -0.25) is 4.79 Å². The van der Waals surface area contributed by atoms with Crippen molar-refractivity contribution in [3.8, 4) is 5.69 Å². The number of rotatable bonds is 7. The summed E-state index contributed by atoms with van der Waals surface area (Å²) in [6.45, 7) is 5.99. The smallest absolute Gasteiger partial charge is 0.341 e. The monoisotopic (exact) mass is 409 g/mol. The van der Waals surface area contributed by atoms with E-state index in [0.29, 0.717) is 23.4 Å². The number of benzene rings is 2. The van der Waals surface area contributed by atoms with E-state index in [-0.39, 0.29) is 5.91 Å². The van der Waals surface area contributed by atoms with Crippen LogP contribution in [0.25, 0.3) is 5.69 Å². The molecule has 29 heavy (non-hydrogen) atoms. The maximum atomic E-state index is 12.5. The molecule has 1 amide bonds. The summed E-state index contributed by atoms with van der Waals surface area (Å²) in [7, 11) is 0. The van der Waals surface area contributed by atoms with Crippen LogP contribution in [0.5, 0.6) is 0 Å². The molecule has 3 rings (SSSR count). The molecule has 1 aromatic heterocycles. The van der Waals surface area contributed by atoms with Gasteiger partial charge in [-0.05, 0) is 68.1 Å². The molecule has 7 heteroatoms. The number of anilines is 1. The molecule has 0 fully saturated rings. The van der Waals surface area contributed by atoms with Gasteiger partial charge in [-0.2, -0.15) is 5.10 Å².